The standard InChI is InChI=1S/C12H18ClNO2/c1-3-15-12(16-4-2)9-14-11-7-5-10(13)6-8-11/h5-8,12,14H,3-4,9H2,1-2H3. The van der Waals surface area contributed by atoms with Crippen LogP contribution in [0.5, 0.6) is 0 Å². The minimum atomic E-state index is -0.203. The van der Waals surface area contributed by atoms with Gasteiger partial charge < -0.3 is 14.8 Å². The van der Waals surface area contributed by atoms with Crippen LogP contribution in [-0.4, -0.2) is 26.0 Å². The van der Waals surface area contributed by atoms with Crippen molar-refractivity contribution in [3.8, 4) is 0 Å². The molecule has 0 atom stereocenters. The van der Waals surface area contributed by atoms with Crippen LogP contribution in [0.15, 0.2) is 24.3 Å². The molecule has 0 bridgehead atoms. The molecular formula is C12H18ClNO2. The van der Waals surface area contributed by atoms with Gasteiger partial charge in [0.2, 0.25) is 0 Å². The molecule has 0 aliphatic heterocycles. The smallest absolute Gasteiger partial charge is 0.174 e. The monoisotopic (exact) mass is 243 g/mol. The quantitative estimate of drug-likeness (QED) is 0.747. The third-order valence-electron chi connectivity index (χ3n) is 2.02. The Morgan fingerprint density at radius 3 is 2.19 bits per heavy atom. The molecule has 0 radical (unpaired) electrons. The fourth-order valence-corrected chi connectivity index (χ4v) is 1.43. The second kappa shape index (κ2) is 7.49. The minimum Gasteiger partial charge on any atom is -0.380 e. The molecule has 0 saturated carbocycles. The molecule has 0 amide bonds. The highest BCUT2D eigenvalue weighted by Crippen LogP contribution is 2.13. The molecule has 0 fully saturated rings. The van der Waals surface area contributed by atoms with Crippen molar-refractivity contribution in [2.45, 2.75) is 20.1 Å². The summed E-state index contributed by atoms with van der Waals surface area (Å²) in [4.78, 5) is 0. The number of hydrogen-bond donors (Lipinski definition) is 1. The Bertz CT molecular complexity index is 284. The zero-order valence-electron chi connectivity index (χ0n) is 9.70. The van der Waals surface area contributed by atoms with Gasteiger partial charge in [0.05, 0.1) is 6.54 Å². The van der Waals surface area contributed by atoms with Crippen molar-refractivity contribution in [2.75, 3.05) is 25.1 Å². The van der Waals surface area contributed by atoms with Gasteiger partial charge in [-0.25, -0.2) is 0 Å². The van der Waals surface area contributed by atoms with E-state index in [9.17, 15) is 0 Å². The predicted octanol–water partition coefficient (Wildman–Crippen LogP) is 3.15. The van der Waals surface area contributed by atoms with E-state index in [1.807, 2.05) is 38.1 Å². The fourth-order valence-electron chi connectivity index (χ4n) is 1.31. The van der Waals surface area contributed by atoms with Gasteiger partial charge in [-0.05, 0) is 38.1 Å². The van der Waals surface area contributed by atoms with E-state index in [0.717, 1.165) is 10.7 Å². The zero-order valence-corrected chi connectivity index (χ0v) is 10.5. The number of hydrogen-bond acceptors (Lipinski definition) is 3. The van der Waals surface area contributed by atoms with Crippen molar-refractivity contribution < 1.29 is 9.47 Å². The van der Waals surface area contributed by atoms with Crippen LogP contribution in [0, 0.1) is 0 Å². The Balaban J connectivity index is 2.38. The molecule has 0 aliphatic rings. The van der Waals surface area contributed by atoms with Crippen molar-refractivity contribution in [3.05, 3.63) is 29.3 Å². The van der Waals surface area contributed by atoms with Crippen LogP contribution in [0.1, 0.15) is 13.8 Å². The van der Waals surface area contributed by atoms with E-state index in [4.69, 9.17) is 21.1 Å². The summed E-state index contributed by atoms with van der Waals surface area (Å²) in [5.74, 6) is 0. The molecule has 0 aliphatic carbocycles. The van der Waals surface area contributed by atoms with Gasteiger partial charge in [0, 0.05) is 23.9 Å². The summed E-state index contributed by atoms with van der Waals surface area (Å²) in [5.41, 5.74) is 1.01. The first kappa shape index (κ1) is 13.3. The second-order valence-electron chi connectivity index (χ2n) is 3.23. The van der Waals surface area contributed by atoms with E-state index in [1.54, 1.807) is 0 Å². The van der Waals surface area contributed by atoms with Gasteiger partial charge in [-0.2, -0.15) is 0 Å². The zero-order chi connectivity index (χ0) is 11.8. The molecule has 0 aromatic heterocycles. The molecule has 90 valence electrons. The van der Waals surface area contributed by atoms with E-state index in [0.29, 0.717) is 19.8 Å². The summed E-state index contributed by atoms with van der Waals surface area (Å²) in [5, 5.41) is 3.97. The van der Waals surface area contributed by atoms with Gasteiger partial charge in [0.1, 0.15) is 0 Å². The van der Waals surface area contributed by atoms with Gasteiger partial charge >= 0.3 is 0 Å². The largest absolute Gasteiger partial charge is 0.380 e. The number of nitrogens with one attached hydrogen (secondary N) is 1. The predicted molar refractivity (Wildman–Crippen MR) is 67.0 cm³/mol. The van der Waals surface area contributed by atoms with Crippen LogP contribution >= 0.6 is 11.6 Å². The van der Waals surface area contributed by atoms with Crippen molar-refractivity contribution in [1.82, 2.24) is 0 Å². The molecule has 16 heavy (non-hydrogen) atoms. The van der Waals surface area contributed by atoms with Crippen molar-refractivity contribution in [1.29, 1.82) is 0 Å². The summed E-state index contributed by atoms with van der Waals surface area (Å²) < 4.78 is 10.8. The van der Waals surface area contributed by atoms with Crippen LogP contribution in [0.4, 0.5) is 5.69 Å². The Morgan fingerprint density at radius 1 is 1.12 bits per heavy atom. The molecule has 1 N–H and O–H groups in total. The lowest BCUT2D eigenvalue weighted by Gasteiger charge is -2.18. The molecule has 1 aromatic carbocycles. The summed E-state index contributed by atoms with van der Waals surface area (Å²) in [7, 11) is 0. The van der Waals surface area contributed by atoms with Gasteiger partial charge in [-0.1, -0.05) is 11.6 Å². The molecule has 0 heterocycles. The Hall–Kier alpha value is -0.770. The van der Waals surface area contributed by atoms with Crippen LogP contribution in [0.3, 0.4) is 0 Å². The van der Waals surface area contributed by atoms with E-state index < -0.39 is 0 Å². The van der Waals surface area contributed by atoms with Crippen molar-refractivity contribution in [2.24, 2.45) is 0 Å². The Morgan fingerprint density at radius 2 is 1.69 bits per heavy atom. The number of benzene rings is 1. The van der Waals surface area contributed by atoms with Gasteiger partial charge in [-0.15, -0.1) is 0 Å². The lowest BCUT2D eigenvalue weighted by Crippen LogP contribution is -2.26. The molecule has 4 heteroatoms. The Kier molecular flexibility index (Phi) is 6.23. The van der Waals surface area contributed by atoms with E-state index in [2.05, 4.69) is 5.32 Å². The summed E-state index contributed by atoms with van der Waals surface area (Å²) in [6.45, 7) is 5.83. The lowest BCUT2D eigenvalue weighted by molar-refractivity contribution is -0.126. The van der Waals surface area contributed by atoms with Gasteiger partial charge in [0.15, 0.2) is 6.29 Å². The number of halogens is 1. The highest BCUT2D eigenvalue weighted by atomic mass is 35.5. The van der Waals surface area contributed by atoms with Crippen LogP contribution < -0.4 is 5.32 Å². The maximum atomic E-state index is 5.80. The van der Waals surface area contributed by atoms with E-state index in [1.165, 1.54) is 0 Å². The van der Waals surface area contributed by atoms with E-state index >= 15 is 0 Å². The molecule has 0 saturated heterocycles. The second-order valence-corrected chi connectivity index (χ2v) is 3.66. The normalized spacial score (nSPS) is 10.8. The van der Waals surface area contributed by atoms with Crippen LogP contribution in [0.25, 0.3) is 0 Å². The topological polar surface area (TPSA) is 30.5 Å². The SMILES string of the molecule is CCOC(CNc1ccc(Cl)cc1)OCC. The Labute approximate surface area is 102 Å². The van der Waals surface area contributed by atoms with E-state index in [-0.39, 0.29) is 6.29 Å². The lowest BCUT2D eigenvalue weighted by atomic mass is 10.3. The summed E-state index contributed by atoms with van der Waals surface area (Å²) >= 11 is 5.80. The van der Waals surface area contributed by atoms with Crippen molar-refractivity contribution >= 4 is 17.3 Å². The highest BCUT2D eigenvalue weighted by Gasteiger charge is 2.06. The molecule has 1 rings (SSSR count). The fraction of sp³-hybridized carbons (Fsp3) is 0.500. The third kappa shape index (κ3) is 4.84. The maximum absolute atomic E-state index is 5.80. The highest BCUT2D eigenvalue weighted by molar-refractivity contribution is 6.30. The van der Waals surface area contributed by atoms with Crippen LogP contribution in [0.2, 0.25) is 5.02 Å². The maximum Gasteiger partial charge on any atom is 0.174 e. The van der Waals surface area contributed by atoms with Gasteiger partial charge in [-0.3, -0.25) is 0 Å². The molecule has 3 nitrogen and oxygen atoms in total. The minimum absolute atomic E-state index is 0.203. The summed E-state index contributed by atoms with van der Waals surface area (Å²) in [6.07, 6.45) is -0.203. The molecule has 0 unspecified atom stereocenters. The van der Waals surface area contributed by atoms with Crippen molar-refractivity contribution in [3.63, 3.8) is 0 Å². The third-order valence-corrected chi connectivity index (χ3v) is 2.27. The number of anilines is 1. The summed E-state index contributed by atoms with van der Waals surface area (Å²) in [6, 6.07) is 7.55. The molecule has 1 aromatic rings. The van der Waals surface area contributed by atoms with Crippen LogP contribution in [-0.2, 0) is 9.47 Å². The number of rotatable bonds is 7. The first-order valence-electron chi connectivity index (χ1n) is 5.49. The van der Waals surface area contributed by atoms with Gasteiger partial charge in [0.25, 0.3) is 0 Å². The average Bonchev–Trinajstić information content (AvgIpc) is 2.29. The first-order valence-corrected chi connectivity index (χ1v) is 5.86. The average molecular weight is 244 g/mol. The molecule has 0 spiro atoms. The number of ether oxygens (including phenoxy) is 2. The molecular weight excluding hydrogens is 226 g/mol. The first-order chi connectivity index (χ1) is 7.76.